The van der Waals surface area contributed by atoms with Crippen LogP contribution in [-0.2, 0) is 41.8 Å². The molecule has 0 amide bonds. The Morgan fingerprint density at radius 1 is 0.343 bits per heavy atom. The quantitative estimate of drug-likeness (QED) is 0.168. The molecule has 0 unspecified atom stereocenters. The van der Waals surface area contributed by atoms with Gasteiger partial charge in [-0.05, 0) is 158 Å². The molecule has 0 atom stereocenters. The molecule has 6 rings (SSSR count). The summed E-state index contributed by atoms with van der Waals surface area (Å²) in [4.78, 5) is 0. The van der Waals surface area contributed by atoms with Crippen molar-refractivity contribution in [1.29, 1.82) is 0 Å². The second-order valence-electron chi connectivity index (χ2n) is 25.8. The summed E-state index contributed by atoms with van der Waals surface area (Å²) < 4.78 is 14.5. The predicted molar refractivity (Wildman–Crippen MR) is 304 cm³/mol. The lowest BCUT2D eigenvalue weighted by Crippen LogP contribution is -2.41. The summed E-state index contributed by atoms with van der Waals surface area (Å²) in [6.07, 6.45) is 0. The maximum Gasteiger partial charge on any atom is 0.494 e. The first kappa shape index (κ1) is 57.2. The van der Waals surface area contributed by atoms with Gasteiger partial charge >= 0.3 is 7.12 Å². The van der Waals surface area contributed by atoms with E-state index in [9.17, 15) is 0 Å². The van der Waals surface area contributed by atoms with Gasteiger partial charge < -0.3 is 9.31 Å². The zero-order valence-electron chi connectivity index (χ0n) is 45.1. The molecule has 0 radical (unpaired) electrons. The molecule has 1 heterocycles. The largest absolute Gasteiger partial charge is 0.494 e. The van der Waals surface area contributed by atoms with Crippen LogP contribution in [-0.4, -0.2) is 18.3 Å². The van der Waals surface area contributed by atoms with Crippen molar-refractivity contribution in [3.63, 3.8) is 0 Å². The molecule has 0 aliphatic carbocycles. The van der Waals surface area contributed by atoms with E-state index >= 15 is 0 Å². The highest BCUT2D eigenvalue weighted by atomic mass is 79.9. The number of hydrogen-bond acceptors (Lipinski definition) is 2. The Hall–Kier alpha value is -2.38. The molecule has 1 aliphatic heterocycles. The summed E-state index contributed by atoms with van der Waals surface area (Å²) >= 11 is 19.1. The first-order chi connectivity index (χ1) is 30.1. The van der Waals surface area contributed by atoms with E-state index in [0.29, 0.717) is 0 Å². The number of benzene rings is 5. The third-order valence-corrected chi connectivity index (χ3v) is 14.3. The highest BCUT2D eigenvalue weighted by Gasteiger charge is 2.52. The van der Waals surface area contributed by atoms with Crippen LogP contribution >= 0.6 is 55.1 Å². The molecule has 5 aromatic carbocycles. The summed E-state index contributed by atoms with van der Waals surface area (Å²) in [5.74, 6) is 0. The van der Waals surface area contributed by atoms with Crippen molar-refractivity contribution < 1.29 is 9.31 Å². The molecule has 0 aromatic heterocycles. The maximum absolute atomic E-state index is 6.77. The van der Waals surface area contributed by atoms with Gasteiger partial charge in [-0.15, -0.1) is 0 Å². The van der Waals surface area contributed by atoms with E-state index in [1.807, 2.05) is 18.2 Å². The first-order valence-corrected chi connectivity index (χ1v) is 26.2. The molecule has 0 saturated carbocycles. The third kappa shape index (κ3) is 15.6. The van der Waals surface area contributed by atoms with Gasteiger partial charge in [0.25, 0.3) is 0 Å². The molecule has 7 heteroatoms. The Bertz CT molecular complexity index is 2270. The Morgan fingerprint density at radius 2 is 0.582 bits per heavy atom. The van der Waals surface area contributed by atoms with Gasteiger partial charge in [0.1, 0.15) is 0 Å². The van der Waals surface area contributed by atoms with Gasteiger partial charge in [0.2, 0.25) is 0 Å². The fraction of sp³-hybridized carbons (Fsp3) is 0.500. The molecular formula is C60H81BBr2Cl2O2. The van der Waals surface area contributed by atoms with E-state index in [0.717, 1.165) is 24.5 Å². The molecule has 0 spiro atoms. The molecule has 0 N–H and O–H groups in total. The highest BCUT2D eigenvalue weighted by Crippen LogP contribution is 2.40. The summed E-state index contributed by atoms with van der Waals surface area (Å²) in [5, 5.41) is 1.51. The van der Waals surface area contributed by atoms with Crippen LogP contribution < -0.4 is 5.46 Å². The second-order valence-corrected chi connectivity index (χ2v) is 28.6. The smallest absolute Gasteiger partial charge is 0.399 e. The van der Waals surface area contributed by atoms with Gasteiger partial charge in [-0.2, -0.15) is 0 Å². The van der Waals surface area contributed by atoms with Crippen molar-refractivity contribution in [2.24, 2.45) is 0 Å². The van der Waals surface area contributed by atoms with E-state index in [4.69, 9.17) is 32.5 Å². The van der Waals surface area contributed by atoms with Crippen LogP contribution in [0.15, 0.2) is 99.9 Å². The minimum Gasteiger partial charge on any atom is -0.399 e. The molecule has 67 heavy (non-hydrogen) atoms. The SMILES string of the molecule is CC(C)(C)c1cc(-c2cc(Cl)cc(-c3cc(C(C)(C)C)cc(C(C)(C)C)c3)c2)cc(C(C)(C)C)c1.CC(C)(C)c1cc(B2OC(C)(C)C(C)(C)O2)cc(C(C)(C)C)c1.Clc1cc(Br)cc(Br)c1. The summed E-state index contributed by atoms with van der Waals surface area (Å²) in [6.45, 7) is 49.4. The van der Waals surface area contributed by atoms with Crippen molar-refractivity contribution >= 4 is 67.6 Å². The molecule has 2 nitrogen and oxygen atoms in total. The highest BCUT2D eigenvalue weighted by molar-refractivity contribution is 9.11. The lowest BCUT2D eigenvalue weighted by molar-refractivity contribution is 0.00578. The van der Waals surface area contributed by atoms with E-state index in [2.05, 4.69) is 257 Å². The Kier molecular flexibility index (Phi) is 17.4. The molecular weight excluding hydrogens is 994 g/mol. The van der Waals surface area contributed by atoms with E-state index < -0.39 is 0 Å². The van der Waals surface area contributed by atoms with Gasteiger partial charge in [0.05, 0.1) is 11.2 Å². The van der Waals surface area contributed by atoms with E-state index in [1.54, 1.807) is 0 Å². The molecule has 364 valence electrons. The number of rotatable bonds is 3. The van der Waals surface area contributed by atoms with Crippen molar-refractivity contribution in [2.75, 3.05) is 0 Å². The molecule has 1 fully saturated rings. The summed E-state index contributed by atoms with van der Waals surface area (Å²) in [7, 11) is -0.302. The van der Waals surface area contributed by atoms with Crippen LogP contribution in [0.1, 0.15) is 186 Å². The monoisotopic (exact) mass is 1070 g/mol. The van der Waals surface area contributed by atoms with Gasteiger partial charge in [0.15, 0.2) is 0 Å². The molecule has 1 aliphatic rings. The Labute approximate surface area is 435 Å². The molecule has 5 aromatic rings. The van der Waals surface area contributed by atoms with E-state index in [-0.39, 0.29) is 50.8 Å². The van der Waals surface area contributed by atoms with Gasteiger partial charge in [-0.25, -0.2) is 0 Å². The lowest BCUT2D eigenvalue weighted by atomic mass is 9.71. The van der Waals surface area contributed by atoms with Crippen molar-refractivity contribution in [2.45, 2.75) is 196 Å². The average molecular weight is 1080 g/mol. The fourth-order valence-electron chi connectivity index (χ4n) is 7.40. The molecule has 1 saturated heterocycles. The second kappa shape index (κ2) is 20.4. The van der Waals surface area contributed by atoms with Crippen molar-refractivity contribution in [3.05, 3.63) is 143 Å². The zero-order chi connectivity index (χ0) is 51.3. The van der Waals surface area contributed by atoms with Crippen LogP contribution in [0, 0.1) is 0 Å². The van der Waals surface area contributed by atoms with Crippen LogP contribution in [0.3, 0.4) is 0 Å². The topological polar surface area (TPSA) is 18.5 Å². The van der Waals surface area contributed by atoms with Crippen LogP contribution in [0.5, 0.6) is 0 Å². The maximum atomic E-state index is 6.77. The minimum absolute atomic E-state index is 0.0695. The van der Waals surface area contributed by atoms with Crippen LogP contribution in [0.25, 0.3) is 22.3 Å². The molecule has 0 bridgehead atoms. The lowest BCUT2D eigenvalue weighted by Gasteiger charge is -2.32. The van der Waals surface area contributed by atoms with Crippen molar-refractivity contribution in [1.82, 2.24) is 0 Å². The van der Waals surface area contributed by atoms with Crippen molar-refractivity contribution in [3.8, 4) is 22.3 Å². The Balaban J connectivity index is 0.000000260. The van der Waals surface area contributed by atoms with Crippen LogP contribution in [0.4, 0.5) is 0 Å². The normalized spacial score (nSPS) is 15.4. The zero-order valence-corrected chi connectivity index (χ0v) is 49.7. The Morgan fingerprint density at radius 3 is 0.836 bits per heavy atom. The summed E-state index contributed by atoms with van der Waals surface area (Å²) in [6, 6.07) is 33.1. The van der Waals surface area contributed by atoms with Gasteiger partial charge in [-0.1, -0.05) is 234 Å². The third-order valence-electron chi connectivity index (χ3n) is 12.9. The van der Waals surface area contributed by atoms with Crippen LogP contribution in [0.2, 0.25) is 10.0 Å². The predicted octanol–water partition coefficient (Wildman–Crippen LogP) is 19.3. The van der Waals surface area contributed by atoms with Gasteiger partial charge in [-0.3, -0.25) is 0 Å². The standard InChI is InChI=1S/C34H45Cl.C20H33BO2.C6H3Br2Cl/c1-31(2,3)26-14-24(15-27(20-26)32(4,5)6)22-13-23(19-30(35)18-22)25-16-28(33(7,8)9)21-29(17-25)34(10,11)12;1-17(2,3)14-11-15(18(4,5)6)13-16(12-14)21-22-19(7,8)20(9,10)23-21;7-4-1-5(8)3-6(9)2-4/h13-21H,1-12H3;11-13H,1-10H3;1-3H. The first-order valence-electron chi connectivity index (χ1n) is 23.8. The number of halogens is 4. The average Bonchev–Trinajstić information content (AvgIpc) is 3.37. The minimum atomic E-state index is -0.308. The fourth-order valence-corrected chi connectivity index (χ4v) is 9.42. The van der Waals surface area contributed by atoms with E-state index in [1.165, 1.54) is 55.6 Å². The van der Waals surface area contributed by atoms with Gasteiger partial charge in [0, 0.05) is 19.0 Å². The summed E-state index contributed by atoms with van der Waals surface area (Å²) in [5.41, 5.74) is 13.8. The number of hydrogen-bond donors (Lipinski definition) is 0.